The lowest BCUT2D eigenvalue weighted by molar-refractivity contribution is -0.0323. The third-order valence-electron chi connectivity index (χ3n) is 4.77. The van der Waals surface area contributed by atoms with Gasteiger partial charge in [0.05, 0.1) is 17.1 Å². The van der Waals surface area contributed by atoms with Crippen LogP contribution >= 0.6 is 7.60 Å². The Morgan fingerprint density at radius 2 is 2.04 bits per heavy atom. The van der Waals surface area contributed by atoms with E-state index in [4.69, 9.17) is 14.5 Å². The van der Waals surface area contributed by atoms with Crippen molar-refractivity contribution >= 4 is 24.4 Å². The van der Waals surface area contributed by atoms with E-state index in [2.05, 4.69) is 19.9 Å². The van der Waals surface area contributed by atoms with Crippen LogP contribution in [-0.2, 0) is 9.30 Å². The highest BCUT2D eigenvalue weighted by Crippen LogP contribution is 2.41. The minimum absolute atomic E-state index is 0.182. The van der Waals surface area contributed by atoms with Crippen molar-refractivity contribution in [1.82, 2.24) is 15.0 Å². The molecule has 0 bridgehead atoms. The minimum Gasteiger partial charge on any atom is -0.378 e. The number of nitrogens with zero attached hydrogens (tertiary/aromatic N) is 3. The molecule has 0 unspecified atom stereocenters. The first kappa shape index (κ1) is 18.0. The second-order valence-corrected chi connectivity index (χ2v) is 8.07. The molecule has 0 amide bonds. The zero-order valence-electron chi connectivity index (χ0n) is 13.9. The summed E-state index contributed by atoms with van der Waals surface area (Å²) in [6, 6.07) is 3.15. The van der Waals surface area contributed by atoms with Crippen LogP contribution in [-0.4, -0.2) is 56.7 Å². The maximum atomic E-state index is 11.4. The molecular weight excluding hydrogens is 347 g/mol. The summed E-state index contributed by atoms with van der Waals surface area (Å²) in [5.74, 6) is 0.737. The lowest BCUT2D eigenvalue weighted by Crippen LogP contribution is -2.46. The molecule has 3 heterocycles. The average molecular weight is 368 g/mol. The van der Waals surface area contributed by atoms with Crippen LogP contribution in [0.4, 0.5) is 5.82 Å². The van der Waals surface area contributed by atoms with Crippen LogP contribution in [0, 0.1) is 0 Å². The quantitative estimate of drug-likeness (QED) is 0.663. The summed E-state index contributed by atoms with van der Waals surface area (Å²) < 4.78 is 16.8. The molecule has 9 nitrogen and oxygen atoms in total. The number of nitrogens with one attached hydrogen (secondary N) is 1. The number of ether oxygens (including phenoxy) is 1. The van der Waals surface area contributed by atoms with Crippen molar-refractivity contribution in [3.05, 3.63) is 28.8 Å². The number of rotatable bonds is 5. The molecule has 1 saturated heterocycles. The number of aromatic amines is 1. The molecule has 0 aliphatic carbocycles. The van der Waals surface area contributed by atoms with Crippen LogP contribution in [0.15, 0.2) is 23.3 Å². The number of hydrogen-bond acceptors (Lipinski definition) is 6. The predicted molar refractivity (Wildman–Crippen MR) is 92.9 cm³/mol. The van der Waals surface area contributed by atoms with Gasteiger partial charge < -0.3 is 24.4 Å². The SMILES string of the molecule is COC1(CCP(=O)(O)O)CCN(c2ncnc3[nH]c(=O)ccc23)CC1. The molecule has 2 aromatic heterocycles. The van der Waals surface area contributed by atoms with E-state index >= 15 is 0 Å². The third kappa shape index (κ3) is 4.07. The summed E-state index contributed by atoms with van der Waals surface area (Å²) in [5, 5.41) is 0.766. The monoisotopic (exact) mass is 368 g/mol. The van der Waals surface area contributed by atoms with Gasteiger partial charge >= 0.3 is 7.60 Å². The summed E-state index contributed by atoms with van der Waals surface area (Å²) in [5.41, 5.74) is -0.261. The van der Waals surface area contributed by atoms with Gasteiger partial charge in [-0.25, -0.2) is 9.97 Å². The second kappa shape index (κ2) is 6.84. The number of aromatic nitrogens is 3. The first-order valence-electron chi connectivity index (χ1n) is 8.01. The van der Waals surface area contributed by atoms with Gasteiger partial charge in [0, 0.05) is 26.3 Å². The summed E-state index contributed by atoms with van der Waals surface area (Å²) in [4.78, 5) is 42.9. The molecule has 1 fully saturated rings. The lowest BCUT2D eigenvalue weighted by Gasteiger charge is -2.41. The fourth-order valence-corrected chi connectivity index (χ4v) is 3.94. The molecule has 0 atom stereocenters. The van der Waals surface area contributed by atoms with Crippen LogP contribution in [0.5, 0.6) is 0 Å². The van der Waals surface area contributed by atoms with Gasteiger partial charge in [-0.1, -0.05) is 0 Å². The third-order valence-corrected chi connectivity index (χ3v) is 5.58. The Labute approximate surface area is 144 Å². The fraction of sp³-hybridized carbons (Fsp3) is 0.533. The maximum Gasteiger partial charge on any atom is 0.325 e. The van der Waals surface area contributed by atoms with E-state index in [-0.39, 0.29) is 11.7 Å². The molecule has 0 radical (unpaired) electrons. The molecule has 3 rings (SSSR count). The number of H-pyrrole nitrogens is 1. The van der Waals surface area contributed by atoms with Crippen molar-refractivity contribution in [3.63, 3.8) is 0 Å². The average Bonchev–Trinajstić information content (AvgIpc) is 2.59. The Balaban J connectivity index is 1.78. The van der Waals surface area contributed by atoms with Gasteiger partial charge in [-0.3, -0.25) is 9.36 Å². The Hall–Kier alpha value is -1.80. The van der Waals surface area contributed by atoms with Gasteiger partial charge in [0.15, 0.2) is 0 Å². The smallest absolute Gasteiger partial charge is 0.325 e. The second-order valence-electron chi connectivity index (χ2n) is 6.29. The van der Waals surface area contributed by atoms with Gasteiger partial charge in [-0.2, -0.15) is 0 Å². The highest BCUT2D eigenvalue weighted by atomic mass is 31.2. The number of piperidine rings is 1. The molecule has 3 N–H and O–H groups in total. The normalized spacial score (nSPS) is 17.8. The molecule has 0 aromatic carbocycles. The van der Waals surface area contributed by atoms with Crippen molar-refractivity contribution in [2.75, 3.05) is 31.3 Å². The topological polar surface area (TPSA) is 129 Å². The Kier molecular flexibility index (Phi) is 4.92. The van der Waals surface area contributed by atoms with Gasteiger partial charge in [0.2, 0.25) is 5.56 Å². The predicted octanol–water partition coefficient (Wildman–Crippen LogP) is 0.871. The van der Waals surface area contributed by atoms with Crippen molar-refractivity contribution in [3.8, 4) is 0 Å². The van der Waals surface area contributed by atoms with E-state index in [9.17, 15) is 9.36 Å². The number of hydrogen-bond donors (Lipinski definition) is 3. The Morgan fingerprint density at radius 1 is 1.32 bits per heavy atom. The van der Waals surface area contributed by atoms with Crippen molar-refractivity contribution in [1.29, 1.82) is 0 Å². The van der Waals surface area contributed by atoms with E-state index in [1.165, 1.54) is 12.4 Å². The fourth-order valence-electron chi connectivity index (χ4n) is 3.24. The van der Waals surface area contributed by atoms with Gasteiger partial charge in [0.25, 0.3) is 0 Å². The van der Waals surface area contributed by atoms with Crippen LogP contribution < -0.4 is 10.5 Å². The first-order valence-corrected chi connectivity index (χ1v) is 9.80. The molecule has 1 aliphatic rings. The van der Waals surface area contributed by atoms with Crippen LogP contribution in [0.3, 0.4) is 0 Å². The maximum absolute atomic E-state index is 11.4. The van der Waals surface area contributed by atoms with E-state index in [0.717, 1.165) is 11.2 Å². The lowest BCUT2D eigenvalue weighted by atomic mass is 9.88. The standard InChI is InChI=1S/C15H21N4O5P/c1-24-15(6-9-25(21,22)23)4-7-19(8-5-15)14-11-2-3-12(20)18-13(11)16-10-17-14/h2-3,10H,4-9H2,1H3,(H2,21,22,23)(H,16,17,18,20). The zero-order valence-corrected chi connectivity index (χ0v) is 14.8. The molecule has 0 saturated carbocycles. The van der Waals surface area contributed by atoms with Crippen LogP contribution in [0.25, 0.3) is 11.0 Å². The molecule has 10 heteroatoms. The highest BCUT2D eigenvalue weighted by Gasteiger charge is 2.36. The van der Waals surface area contributed by atoms with Crippen molar-refractivity contribution in [2.24, 2.45) is 0 Å². The van der Waals surface area contributed by atoms with Gasteiger partial charge in [-0.15, -0.1) is 0 Å². The molecule has 136 valence electrons. The van der Waals surface area contributed by atoms with Crippen LogP contribution in [0.2, 0.25) is 0 Å². The van der Waals surface area contributed by atoms with E-state index in [0.29, 0.717) is 38.0 Å². The summed E-state index contributed by atoms with van der Waals surface area (Å²) in [6.07, 6.45) is 2.83. The minimum atomic E-state index is -4.05. The summed E-state index contributed by atoms with van der Waals surface area (Å²) in [7, 11) is -2.46. The molecule has 1 aliphatic heterocycles. The van der Waals surface area contributed by atoms with E-state index in [1.807, 2.05) is 0 Å². The summed E-state index contributed by atoms with van der Waals surface area (Å²) >= 11 is 0. The number of anilines is 1. The molecule has 0 spiro atoms. The van der Waals surface area contributed by atoms with Crippen molar-refractivity contribution in [2.45, 2.75) is 24.9 Å². The van der Waals surface area contributed by atoms with E-state index < -0.39 is 13.2 Å². The van der Waals surface area contributed by atoms with E-state index in [1.54, 1.807) is 13.2 Å². The number of pyridine rings is 1. The largest absolute Gasteiger partial charge is 0.378 e. The van der Waals surface area contributed by atoms with Gasteiger partial charge in [0.1, 0.15) is 17.8 Å². The molecule has 2 aromatic rings. The highest BCUT2D eigenvalue weighted by molar-refractivity contribution is 7.51. The number of fused-ring (bicyclic) bond motifs is 1. The van der Waals surface area contributed by atoms with Gasteiger partial charge in [-0.05, 0) is 25.3 Å². The Morgan fingerprint density at radius 3 is 2.68 bits per heavy atom. The molecular formula is C15H21N4O5P. The zero-order chi connectivity index (χ0) is 18.1. The summed E-state index contributed by atoms with van der Waals surface area (Å²) in [6.45, 7) is 1.28. The Bertz CT molecular complexity index is 856. The van der Waals surface area contributed by atoms with Crippen molar-refractivity contribution < 1.29 is 19.1 Å². The molecule has 25 heavy (non-hydrogen) atoms. The number of methoxy groups -OCH3 is 1. The van der Waals surface area contributed by atoms with Crippen LogP contribution in [0.1, 0.15) is 19.3 Å². The first-order chi connectivity index (χ1) is 11.8.